The number of H-pyrrole nitrogens is 1. The van der Waals surface area contributed by atoms with Crippen molar-refractivity contribution in [1.29, 1.82) is 0 Å². The molecule has 0 atom stereocenters. The van der Waals surface area contributed by atoms with Gasteiger partial charge < -0.3 is 4.98 Å². The van der Waals surface area contributed by atoms with Gasteiger partial charge in [0.25, 0.3) is 0 Å². The standard InChI is InChI=1S/C12H19N3O3/c1-7-9(8(2)14-11(17)13-7)6-10(16)15-18-12(3,4)5/h6H2,1-5H3,(H,15,16)(H,13,14,17). The zero-order valence-electron chi connectivity index (χ0n) is 11.4. The highest BCUT2D eigenvalue weighted by Gasteiger charge is 2.15. The summed E-state index contributed by atoms with van der Waals surface area (Å²) in [5, 5.41) is 0. The van der Waals surface area contributed by atoms with Crippen LogP contribution >= 0.6 is 0 Å². The van der Waals surface area contributed by atoms with Crippen molar-refractivity contribution in [3.8, 4) is 0 Å². The third-order valence-electron chi connectivity index (χ3n) is 2.26. The van der Waals surface area contributed by atoms with E-state index in [9.17, 15) is 9.59 Å². The average molecular weight is 253 g/mol. The van der Waals surface area contributed by atoms with Crippen molar-refractivity contribution in [2.45, 2.75) is 46.6 Å². The molecule has 18 heavy (non-hydrogen) atoms. The molecule has 1 aromatic rings. The summed E-state index contributed by atoms with van der Waals surface area (Å²) >= 11 is 0. The molecule has 0 aliphatic carbocycles. The first kappa shape index (κ1) is 14.4. The first-order valence-corrected chi connectivity index (χ1v) is 5.72. The molecule has 100 valence electrons. The number of aromatic amines is 1. The first-order valence-electron chi connectivity index (χ1n) is 5.72. The van der Waals surface area contributed by atoms with Crippen LogP contribution < -0.4 is 11.2 Å². The van der Waals surface area contributed by atoms with E-state index in [4.69, 9.17) is 4.84 Å². The van der Waals surface area contributed by atoms with E-state index < -0.39 is 11.3 Å². The Morgan fingerprint density at radius 3 is 2.50 bits per heavy atom. The van der Waals surface area contributed by atoms with Crippen molar-refractivity contribution < 1.29 is 9.63 Å². The molecule has 0 radical (unpaired) electrons. The molecule has 1 aromatic heterocycles. The van der Waals surface area contributed by atoms with Crippen LogP contribution in [0, 0.1) is 13.8 Å². The van der Waals surface area contributed by atoms with Crippen molar-refractivity contribution in [1.82, 2.24) is 15.4 Å². The summed E-state index contributed by atoms with van der Waals surface area (Å²) in [7, 11) is 0. The van der Waals surface area contributed by atoms with Crippen LogP contribution in [-0.4, -0.2) is 21.5 Å². The molecule has 0 saturated carbocycles. The molecule has 1 rings (SSSR count). The van der Waals surface area contributed by atoms with Crippen molar-refractivity contribution in [3.63, 3.8) is 0 Å². The summed E-state index contributed by atoms with van der Waals surface area (Å²) in [6, 6.07) is 0. The van der Waals surface area contributed by atoms with E-state index in [-0.39, 0.29) is 12.3 Å². The van der Waals surface area contributed by atoms with Gasteiger partial charge in [-0.15, -0.1) is 0 Å². The number of carbonyl (C=O) groups is 1. The Bertz CT molecular complexity index is 474. The second kappa shape index (κ2) is 5.30. The maximum absolute atomic E-state index is 11.7. The normalized spacial score (nSPS) is 11.4. The molecule has 1 heterocycles. The molecule has 6 nitrogen and oxygen atoms in total. The van der Waals surface area contributed by atoms with Crippen LogP contribution in [0.2, 0.25) is 0 Å². The molecule has 0 aliphatic heterocycles. The van der Waals surface area contributed by atoms with Crippen molar-refractivity contribution in [2.24, 2.45) is 0 Å². The van der Waals surface area contributed by atoms with Crippen molar-refractivity contribution in [3.05, 3.63) is 27.4 Å². The van der Waals surface area contributed by atoms with E-state index >= 15 is 0 Å². The number of amides is 1. The van der Waals surface area contributed by atoms with Crippen molar-refractivity contribution >= 4 is 5.91 Å². The molecule has 0 spiro atoms. The summed E-state index contributed by atoms with van der Waals surface area (Å²) < 4.78 is 0. The fourth-order valence-corrected chi connectivity index (χ4v) is 1.42. The number of hydrogen-bond donors (Lipinski definition) is 2. The minimum atomic E-state index is -0.441. The smallest absolute Gasteiger partial charge is 0.310 e. The Balaban J connectivity index is 2.74. The highest BCUT2D eigenvalue weighted by Crippen LogP contribution is 2.08. The van der Waals surface area contributed by atoms with Crippen LogP contribution in [0.15, 0.2) is 4.79 Å². The number of nitrogens with zero attached hydrogens (tertiary/aromatic N) is 1. The molecule has 0 bridgehead atoms. The van der Waals surface area contributed by atoms with Gasteiger partial charge in [0.1, 0.15) is 0 Å². The van der Waals surface area contributed by atoms with Crippen LogP contribution in [0.1, 0.15) is 37.7 Å². The largest absolute Gasteiger partial charge is 0.345 e. The van der Waals surface area contributed by atoms with Gasteiger partial charge in [-0.25, -0.2) is 10.3 Å². The highest BCUT2D eigenvalue weighted by molar-refractivity contribution is 5.78. The van der Waals surface area contributed by atoms with Gasteiger partial charge in [-0.1, -0.05) is 0 Å². The highest BCUT2D eigenvalue weighted by atomic mass is 16.7. The Hall–Kier alpha value is -1.69. The second-order valence-corrected chi connectivity index (χ2v) is 5.15. The van der Waals surface area contributed by atoms with E-state index in [0.29, 0.717) is 17.0 Å². The van der Waals surface area contributed by atoms with Gasteiger partial charge in [0.05, 0.1) is 12.0 Å². The first-order chi connectivity index (χ1) is 8.19. The minimum absolute atomic E-state index is 0.123. The summed E-state index contributed by atoms with van der Waals surface area (Å²) in [5.41, 5.74) is 3.46. The Morgan fingerprint density at radius 1 is 1.39 bits per heavy atom. The van der Waals surface area contributed by atoms with Gasteiger partial charge in [-0.2, -0.15) is 4.98 Å². The summed E-state index contributed by atoms with van der Waals surface area (Å²) in [6.07, 6.45) is 0.123. The maximum atomic E-state index is 11.7. The third kappa shape index (κ3) is 4.29. The van der Waals surface area contributed by atoms with Crippen LogP contribution in [0.4, 0.5) is 0 Å². The lowest BCUT2D eigenvalue weighted by molar-refractivity contribution is -0.144. The number of nitrogens with one attached hydrogen (secondary N) is 2. The molecule has 0 aliphatic rings. The lowest BCUT2D eigenvalue weighted by atomic mass is 10.1. The Morgan fingerprint density at radius 2 is 2.00 bits per heavy atom. The van der Waals surface area contributed by atoms with Gasteiger partial charge in [-0.3, -0.25) is 9.63 Å². The fourth-order valence-electron chi connectivity index (χ4n) is 1.42. The monoisotopic (exact) mass is 253 g/mol. The zero-order chi connectivity index (χ0) is 13.9. The lowest BCUT2D eigenvalue weighted by Crippen LogP contribution is -2.35. The maximum Gasteiger partial charge on any atom is 0.345 e. The van der Waals surface area contributed by atoms with Gasteiger partial charge in [0.15, 0.2) is 0 Å². The number of aromatic nitrogens is 2. The van der Waals surface area contributed by atoms with E-state index in [0.717, 1.165) is 0 Å². The van der Waals surface area contributed by atoms with E-state index in [1.165, 1.54) is 0 Å². The molecule has 1 amide bonds. The van der Waals surface area contributed by atoms with Crippen LogP contribution in [0.25, 0.3) is 0 Å². The van der Waals surface area contributed by atoms with Gasteiger partial charge >= 0.3 is 5.69 Å². The zero-order valence-corrected chi connectivity index (χ0v) is 11.4. The number of hydrogen-bond acceptors (Lipinski definition) is 4. The van der Waals surface area contributed by atoms with E-state index in [2.05, 4.69) is 15.4 Å². The molecule has 0 saturated heterocycles. The van der Waals surface area contributed by atoms with Gasteiger partial charge in [0.2, 0.25) is 5.91 Å². The minimum Gasteiger partial charge on any atom is -0.310 e. The fraction of sp³-hybridized carbons (Fsp3) is 0.583. The predicted octanol–water partition coefficient (Wildman–Crippen LogP) is 0.776. The molecule has 2 N–H and O–H groups in total. The van der Waals surface area contributed by atoms with Crippen LogP contribution in [-0.2, 0) is 16.1 Å². The number of aryl methyl sites for hydroxylation is 2. The van der Waals surface area contributed by atoms with Gasteiger partial charge in [0, 0.05) is 17.0 Å². The molecular formula is C12H19N3O3. The number of rotatable bonds is 3. The van der Waals surface area contributed by atoms with Crippen LogP contribution in [0.5, 0.6) is 0 Å². The van der Waals surface area contributed by atoms with E-state index in [1.807, 2.05) is 20.8 Å². The quantitative estimate of drug-likeness (QED) is 0.779. The number of carbonyl (C=O) groups excluding carboxylic acids is 1. The lowest BCUT2D eigenvalue weighted by Gasteiger charge is -2.19. The predicted molar refractivity (Wildman–Crippen MR) is 67.0 cm³/mol. The molecule has 0 fully saturated rings. The number of hydroxylamine groups is 1. The average Bonchev–Trinajstić information content (AvgIpc) is 2.19. The molecule has 0 unspecified atom stereocenters. The SMILES string of the molecule is Cc1nc(=O)[nH]c(C)c1CC(=O)NOC(C)(C)C. The van der Waals surface area contributed by atoms with Gasteiger partial charge in [-0.05, 0) is 34.6 Å². The summed E-state index contributed by atoms with van der Waals surface area (Å²) in [4.78, 5) is 34.3. The van der Waals surface area contributed by atoms with Crippen LogP contribution in [0.3, 0.4) is 0 Å². The van der Waals surface area contributed by atoms with Crippen molar-refractivity contribution in [2.75, 3.05) is 0 Å². The second-order valence-electron chi connectivity index (χ2n) is 5.15. The molecular weight excluding hydrogens is 234 g/mol. The van der Waals surface area contributed by atoms with E-state index in [1.54, 1.807) is 13.8 Å². The summed E-state index contributed by atoms with van der Waals surface area (Å²) in [5.74, 6) is -0.273. The molecule has 6 heteroatoms. The summed E-state index contributed by atoms with van der Waals surface area (Å²) in [6.45, 7) is 8.96. The third-order valence-corrected chi connectivity index (χ3v) is 2.26. The topological polar surface area (TPSA) is 84.1 Å². The molecule has 0 aromatic carbocycles. The Labute approximate surface area is 106 Å². The Kier molecular flexibility index (Phi) is 4.24.